The van der Waals surface area contributed by atoms with Crippen LogP contribution in [0.1, 0.15) is 28.4 Å². The Kier molecular flexibility index (Phi) is 5.38. The molecule has 11 nitrogen and oxygen atoms in total. The third-order valence-electron chi connectivity index (χ3n) is 5.32. The molecule has 0 bridgehead atoms. The quantitative estimate of drug-likeness (QED) is 0.359. The van der Waals surface area contributed by atoms with E-state index >= 15 is 0 Å². The number of aromatic amines is 2. The van der Waals surface area contributed by atoms with Crippen LogP contribution in [0.15, 0.2) is 29.6 Å². The number of fused-ring (bicyclic) bond motifs is 1. The number of H-pyrrole nitrogens is 2. The first kappa shape index (κ1) is 20.5. The lowest BCUT2D eigenvalue weighted by atomic mass is 10.1. The molecule has 0 amide bonds. The number of halogens is 1. The summed E-state index contributed by atoms with van der Waals surface area (Å²) in [5.74, 6) is -3.88. The van der Waals surface area contributed by atoms with E-state index in [1.165, 1.54) is 12.5 Å². The van der Waals surface area contributed by atoms with Crippen LogP contribution < -0.4 is 15.6 Å². The summed E-state index contributed by atoms with van der Waals surface area (Å²) < 4.78 is 14.7. The highest BCUT2D eigenvalue weighted by atomic mass is 19.1. The number of nitrogens with one attached hydrogen (secondary N) is 3. The Labute approximate surface area is 174 Å². The Morgan fingerprint density at radius 3 is 2.84 bits per heavy atom. The number of rotatable bonds is 7. The summed E-state index contributed by atoms with van der Waals surface area (Å²) in [5, 5.41) is 21.5. The van der Waals surface area contributed by atoms with E-state index in [4.69, 9.17) is 5.11 Å². The number of aliphatic carboxylic acids is 1. The fraction of sp³-hybridized carbons (Fsp3) is 0.316. The van der Waals surface area contributed by atoms with Crippen molar-refractivity contribution < 1.29 is 24.2 Å². The molecule has 2 unspecified atom stereocenters. The van der Waals surface area contributed by atoms with Gasteiger partial charge in [0, 0.05) is 38.1 Å². The van der Waals surface area contributed by atoms with Gasteiger partial charge in [-0.2, -0.15) is 0 Å². The number of carboxylic acids is 2. The summed E-state index contributed by atoms with van der Waals surface area (Å²) in [6.45, 7) is 1.05. The number of imidazole rings is 1. The molecule has 2 atom stereocenters. The van der Waals surface area contributed by atoms with Gasteiger partial charge in [-0.25, -0.2) is 19.2 Å². The van der Waals surface area contributed by atoms with Gasteiger partial charge < -0.3 is 30.4 Å². The van der Waals surface area contributed by atoms with Crippen LogP contribution in [0, 0.1) is 5.82 Å². The number of hydrogen-bond donors (Lipinski definition) is 5. The first-order valence-electron chi connectivity index (χ1n) is 9.49. The summed E-state index contributed by atoms with van der Waals surface area (Å²) in [4.78, 5) is 50.0. The fourth-order valence-electron chi connectivity index (χ4n) is 3.69. The number of carbonyl (C=O) groups is 2. The van der Waals surface area contributed by atoms with Gasteiger partial charge in [0.2, 0.25) is 5.43 Å². The minimum absolute atomic E-state index is 0.0406. The van der Waals surface area contributed by atoms with Crippen LogP contribution >= 0.6 is 0 Å². The molecule has 12 heteroatoms. The molecular weight excluding hydrogens is 411 g/mol. The van der Waals surface area contributed by atoms with Crippen molar-refractivity contribution >= 4 is 28.8 Å². The second-order valence-corrected chi connectivity index (χ2v) is 7.26. The molecule has 4 rings (SSSR count). The molecule has 31 heavy (non-hydrogen) atoms. The van der Waals surface area contributed by atoms with Crippen LogP contribution in [-0.2, 0) is 4.79 Å². The maximum Gasteiger partial charge on any atom is 0.341 e. The van der Waals surface area contributed by atoms with Crippen LogP contribution in [0.2, 0.25) is 0 Å². The second-order valence-electron chi connectivity index (χ2n) is 7.26. The van der Waals surface area contributed by atoms with E-state index in [0.29, 0.717) is 25.2 Å². The largest absolute Gasteiger partial charge is 0.481 e. The summed E-state index contributed by atoms with van der Waals surface area (Å²) in [6.07, 6.45) is 4.56. The number of nitrogens with zero attached hydrogens (tertiary/aromatic N) is 3. The van der Waals surface area contributed by atoms with Crippen molar-refractivity contribution in [3.05, 3.63) is 52.1 Å². The second kappa shape index (κ2) is 8.14. The maximum absolute atomic E-state index is 14.7. The molecule has 162 valence electrons. The zero-order valence-corrected chi connectivity index (χ0v) is 16.1. The maximum atomic E-state index is 14.7. The van der Waals surface area contributed by atoms with E-state index in [-0.39, 0.29) is 29.4 Å². The number of carboxylic acid groups (broad SMARTS) is 2. The number of aromatic nitrogens is 4. The summed E-state index contributed by atoms with van der Waals surface area (Å²) in [6, 6.07) is 0.901. The SMILES string of the molecule is O=C(O)c1c[nH]c2nc(N3CCC(NCC(C(=O)O)c4cnc[nH]4)C3)c(F)cc2c1=O. The molecule has 0 spiro atoms. The number of pyridine rings is 2. The number of hydrogen-bond acceptors (Lipinski definition) is 7. The lowest BCUT2D eigenvalue weighted by molar-refractivity contribution is -0.138. The minimum atomic E-state index is -1.41. The fourth-order valence-corrected chi connectivity index (χ4v) is 3.69. The standard InChI is InChI=1S/C19H19FN6O5/c20-13-3-10-15(27)12(19(30)31)5-23-16(10)25-17(13)26-2-1-9(7-26)22-4-11(18(28)29)14-6-21-8-24-14/h3,5-6,8-9,11,22H,1-2,4,7H2,(H,21,24)(H,28,29)(H,30,31)(H,23,25,27). The van der Waals surface area contributed by atoms with E-state index < -0.39 is 34.7 Å². The smallest absolute Gasteiger partial charge is 0.341 e. The van der Waals surface area contributed by atoms with E-state index in [1.807, 2.05) is 0 Å². The van der Waals surface area contributed by atoms with E-state index in [0.717, 1.165) is 12.3 Å². The minimum Gasteiger partial charge on any atom is -0.481 e. The molecule has 1 aliphatic rings. The van der Waals surface area contributed by atoms with Crippen molar-refractivity contribution in [1.82, 2.24) is 25.3 Å². The van der Waals surface area contributed by atoms with Crippen LogP contribution in [0.3, 0.4) is 0 Å². The third-order valence-corrected chi connectivity index (χ3v) is 5.32. The molecule has 0 aromatic carbocycles. The first-order valence-corrected chi connectivity index (χ1v) is 9.49. The van der Waals surface area contributed by atoms with Gasteiger partial charge in [0.1, 0.15) is 17.1 Å². The summed E-state index contributed by atoms with van der Waals surface area (Å²) in [7, 11) is 0. The molecule has 0 aliphatic carbocycles. The Morgan fingerprint density at radius 2 is 2.16 bits per heavy atom. The van der Waals surface area contributed by atoms with Gasteiger partial charge in [-0.15, -0.1) is 0 Å². The van der Waals surface area contributed by atoms with Gasteiger partial charge in [0.05, 0.1) is 17.4 Å². The van der Waals surface area contributed by atoms with Gasteiger partial charge in [0.15, 0.2) is 11.6 Å². The van der Waals surface area contributed by atoms with E-state index in [9.17, 15) is 23.9 Å². The topological polar surface area (TPSA) is 164 Å². The lowest BCUT2D eigenvalue weighted by Gasteiger charge is -2.20. The molecule has 5 N–H and O–H groups in total. The van der Waals surface area contributed by atoms with Crippen molar-refractivity contribution in [2.24, 2.45) is 0 Å². The predicted molar refractivity (Wildman–Crippen MR) is 107 cm³/mol. The molecule has 0 radical (unpaired) electrons. The average molecular weight is 430 g/mol. The normalized spacial score (nSPS) is 17.2. The van der Waals surface area contributed by atoms with Crippen LogP contribution in [0.4, 0.5) is 10.2 Å². The van der Waals surface area contributed by atoms with Gasteiger partial charge in [0.25, 0.3) is 0 Å². The van der Waals surface area contributed by atoms with Gasteiger partial charge in [-0.05, 0) is 12.5 Å². The van der Waals surface area contributed by atoms with E-state index in [1.54, 1.807) is 4.90 Å². The highest BCUT2D eigenvalue weighted by molar-refractivity contribution is 5.91. The molecule has 4 heterocycles. The Hall–Kier alpha value is -3.80. The molecule has 1 aliphatic heterocycles. The first-order chi connectivity index (χ1) is 14.8. The molecule has 3 aromatic rings. The van der Waals surface area contributed by atoms with Crippen LogP contribution in [-0.4, -0.2) is 67.8 Å². The predicted octanol–water partition coefficient (Wildman–Crippen LogP) is 0.520. The average Bonchev–Trinajstić information content (AvgIpc) is 3.40. The zero-order valence-electron chi connectivity index (χ0n) is 16.1. The molecule has 1 saturated heterocycles. The van der Waals surface area contributed by atoms with Crippen LogP contribution in [0.5, 0.6) is 0 Å². The van der Waals surface area contributed by atoms with Gasteiger partial charge >= 0.3 is 11.9 Å². The van der Waals surface area contributed by atoms with E-state index in [2.05, 4.69) is 25.3 Å². The monoisotopic (exact) mass is 430 g/mol. The Bertz CT molecular complexity index is 1190. The van der Waals surface area contributed by atoms with Crippen molar-refractivity contribution in [3.8, 4) is 0 Å². The molecular formula is C19H19FN6O5. The highest BCUT2D eigenvalue weighted by Gasteiger charge is 2.29. The van der Waals surface area contributed by atoms with Gasteiger partial charge in [-0.3, -0.25) is 9.59 Å². The Balaban J connectivity index is 1.49. The third kappa shape index (κ3) is 3.97. The zero-order chi connectivity index (χ0) is 22.1. The van der Waals surface area contributed by atoms with Crippen molar-refractivity contribution in [2.75, 3.05) is 24.5 Å². The number of aromatic carboxylic acids is 1. The van der Waals surface area contributed by atoms with Gasteiger partial charge in [-0.1, -0.05) is 0 Å². The molecule has 3 aromatic heterocycles. The lowest BCUT2D eigenvalue weighted by Crippen LogP contribution is -2.37. The number of anilines is 1. The van der Waals surface area contributed by atoms with Crippen molar-refractivity contribution in [2.45, 2.75) is 18.4 Å². The molecule has 1 fully saturated rings. The Morgan fingerprint density at radius 1 is 1.35 bits per heavy atom. The summed E-state index contributed by atoms with van der Waals surface area (Å²) in [5.41, 5.74) is -0.717. The van der Waals surface area contributed by atoms with Crippen molar-refractivity contribution in [3.63, 3.8) is 0 Å². The van der Waals surface area contributed by atoms with Crippen molar-refractivity contribution in [1.29, 1.82) is 0 Å². The van der Waals surface area contributed by atoms with Crippen LogP contribution in [0.25, 0.3) is 11.0 Å². The molecule has 0 saturated carbocycles. The summed E-state index contributed by atoms with van der Waals surface area (Å²) >= 11 is 0. The highest BCUT2D eigenvalue weighted by Crippen LogP contribution is 2.24.